The highest BCUT2D eigenvalue weighted by atomic mass is 19.3. The minimum Gasteiger partial charge on any atom is -0.481 e. The van der Waals surface area contributed by atoms with E-state index in [1.165, 1.54) is 5.56 Å². The number of carbonyl (C=O) groups excluding carboxylic acids is 1. The standard InChI is InChI=1S/C20H32F2O5.C8H11N/c1-2-3-11-19(21,22)20(26)12-10-15-14(16(23)13-17(15)27-20)8-6-4-5-7-9-18(24)25;1-7(9)8-5-3-2-4-6-8/h14-15,17,26H,2-13H2,1H3,(H,24,25);2-7H,9H2,1H3/t14-,15-,17-,20-;/m1./s1. The van der Waals surface area contributed by atoms with Gasteiger partial charge in [-0.05, 0) is 44.1 Å². The molecular formula is C28H43F2NO5. The Kier molecular flexibility index (Phi) is 11.9. The molecule has 1 aliphatic heterocycles. The number of hydrogen-bond donors (Lipinski definition) is 3. The predicted octanol–water partition coefficient (Wildman–Crippen LogP) is 6.02. The Balaban J connectivity index is 0.000000425. The van der Waals surface area contributed by atoms with Gasteiger partial charge in [-0.2, -0.15) is 0 Å². The SMILES string of the molecule is CC(N)c1ccccc1.CCCCC(F)(F)[C@@]1(O)CC[C@H]2[C@@H](CC(=O)[C@@H]2CCCCCCC(=O)O)O1. The van der Waals surface area contributed by atoms with E-state index in [1.54, 1.807) is 0 Å². The molecule has 1 saturated carbocycles. The lowest BCUT2D eigenvalue weighted by Crippen LogP contribution is -2.55. The first kappa shape index (κ1) is 30.3. The van der Waals surface area contributed by atoms with Gasteiger partial charge in [-0.3, -0.25) is 9.59 Å². The van der Waals surface area contributed by atoms with Gasteiger partial charge < -0.3 is 20.7 Å². The van der Waals surface area contributed by atoms with Crippen molar-refractivity contribution >= 4 is 11.8 Å². The van der Waals surface area contributed by atoms with E-state index in [0.29, 0.717) is 32.1 Å². The van der Waals surface area contributed by atoms with E-state index in [-0.39, 0.29) is 42.9 Å². The Hall–Kier alpha value is -1.90. The van der Waals surface area contributed by atoms with Crippen molar-refractivity contribution in [2.24, 2.45) is 17.6 Å². The van der Waals surface area contributed by atoms with Crippen LogP contribution >= 0.6 is 0 Å². The molecule has 0 spiro atoms. The van der Waals surface area contributed by atoms with E-state index in [2.05, 4.69) is 0 Å². The molecule has 2 fully saturated rings. The summed E-state index contributed by atoms with van der Waals surface area (Å²) >= 11 is 0. The molecule has 1 aromatic carbocycles. The Morgan fingerprint density at radius 1 is 1.19 bits per heavy atom. The van der Waals surface area contributed by atoms with E-state index in [0.717, 1.165) is 19.3 Å². The Labute approximate surface area is 213 Å². The van der Waals surface area contributed by atoms with Crippen LogP contribution in [-0.2, 0) is 14.3 Å². The third-order valence-electron chi connectivity index (χ3n) is 7.37. The number of hydrogen-bond acceptors (Lipinski definition) is 5. The fraction of sp³-hybridized carbons (Fsp3) is 0.714. The zero-order chi connectivity index (χ0) is 26.8. The smallest absolute Gasteiger partial charge is 0.303 e. The molecule has 3 rings (SSSR count). The summed E-state index contributed by atoms with van der Waals surface area (Å²) in [5, 5.41) is 19.1. The van der Waals surface area contributed by atoms with Crippen LogP contribution in [0.4, 0.5) is 8.78 Å². The van der Waals surface area contributed by atoms with Gasteiger partial charge >= 0.3 is 11.9 Å². The third kappa shape index (κ3) is 8.60. The summed E-state index contributed by atoms with van der Waals surface area (Å²) in [4.78, 5) is 22.8. The first-order valence-electron chi connectivity index (χ1n) is 13.3. The summed E-state index contributed by atoms with van der Waals surface area (Å²) in [5.41, 5.74) is 6.81. The summed E-state index contributed by atoms with van der Waals surface area (Å²) < 4.78 is 34.3. The van der Waals surface area contributed by atoms with Crippen molar-refractivity contribution in [3.8, 4) is 0 Å². The first-order chi connectivity index (χ1) is 17.0. The number of ketones is 1. The lowest BCUT2D eigenvalue weighted by Gasteiger charge is -2.43. The molecule has 1 unspecified atom stereocenters. The molecule has 1 heterocycles. The minimum absolute atomic E-state index is 0.0386. The molecule has 8 heteroatoms. The highest BCUT2D eigenvalue weighted by Gasteiger charge is 2.59. The lowest BCUT2D eigenvalue weighted by atomic mass is 9.81. The molecule has 0 bridgehead atoms. The molecule has 5 atom stereocenters. The fourth-order valence-corrected chi connectivity index (χ4v) is 5.18. The van der Waals surface area contributed by atoms with Crippen LogP contribution in [0.25, 0.3) is 0 Å². The van der Waals surface area contributed by atoms with Crippen molar-refractivity contribution in [1.29, 1.82) is 0 Å². The van der Waals surface area contributed by atoms with Gasteiger partial charge in [0.05, 0.1) is 6.10 Å². The molecule has 0 radical (unpaired) electrons. The van der Waals surface area contributed by atoms with Gasteiger partial charge in [0.25, 0.3) is 0 Å². The number of carboxylic acids is 1. The second-order valence-electron chi connectivity index (χ2n) is 10.3. The minimum atomic E-state index is -3.31. The number of carbonyl (C=O) groups is 2. The summed E-state index contributed by atoms with van der Waals surface area (Å²) in [6.45, 7) is 3.80. The van der Waals surface area contributed by atoms with E-state index < -0.39 is 30.2 Å². The molecule has 0 aromatic heterocycles. The molecule has 6 nitrogen and oxygen atoms in total. The van der Waals surface area contributed by atoms with Gasteiger partial charge in [-0.15, -0.1) is 0 Å². The summed E-state index contributed by atoms with van der Waals surface area (Å²) in [7, 11) is 0. The van der Waals surface area contributed by atoms with Gasteiger partial charge in [-0.25, -0.2) is 8.78 Å². The van der Waals surface area contributed by atoms with Crippen LogP contribution in [0.15, 0.2) is 30.3 Å². The Morgan fingerprint density at radius 2 is 1.86 bits per heavy atom. The van der Waals surface area contributed by atoms with Crippen LogP contribution in [0.5, 0.6) is 0 Å². The highest BCUT2D eigenvalue weighted by Crippen LogP contribution is 2.49. The Bertz CT molecular complexity index is 819. The van der Waals surface area contributed by atoms with Crippen LogP contribution in [-0.4, -0.2) is 39.8 Å². The number of aliphatic hydroxyl groups is 1. The normalized spacial score (nSPS) is 26.6. The number of carboxylic acid groups (broad SMARTS) is 1. The highest BCUT2D eigenvalue weighted by molar-refractivity contribution is 5.84. The van der Waals surface area contributed by atoms with Crippen molar-refractivity contribution in [3.63, 3.8) is 0 Å². The molecule has 204 valence electrons. The van der Waals surface area contributed by atoms with Crippen LogP contribution < -0.4 is 5.73 Å². The van der Waals surface area contributed by atoms with Crippen LogP contribution in [0.2, 0.25) is 0 Å². The second kappa shape index (κ2) is 14.1. The van der Waals surface area contributed by atoms with Crippen molar-refractivity contribution in [2.45, 2.75) is 115 Å². The second-order valence-corrected chi connectivity index (χ2v) is 10.3. The van der Waals surface area contributed by atoms with Crippen LogP contribution in [0.3, 0.4) is 0 Å². The molecule has 0 amide bonds. The van der Waals surface area contributed by atoms with Crippen molar-refractivity contribution in [1.82, 2.24) is 0 Å². The molecule has 2 aliphatic rings. The number of alkyl halides is 2. The Morgan fingerprint density at radius 3 is 2.44 bits per heavy atom. The van der Waals surface area contributed by atoms with E-state index in [9.17, 15) is 23.5 Å². The largest absolute Gasteiger partial charge is 0.481 e. The topological polar surface area (TPSA) is 110 Å². The van der Waals surface area contributed by atoms with Crippen molar-refractivity contribution < 1.29 is 33.3 Å². The monoisotopic (exact) mass is 511 g/mol. The fourth-order valence-electron chi connectivity index (χ4n) is 5.18. The number of rotatable bonds is 12. The molecule has 1 aliphatic carbocycles. The lowest BCUT2D eigenvalue weighted by molar-refractivity contribution is -0.356. The van der Waals surface area contributed by atoms with E-state index in [1.807, 2.05) is 44.2 Å². The number of aliphatic carboxylic acids is 1. The molecule has 1 aromatic rings. The number of ether oxygens (including phenoxy) is 1. The van der Waals surface area contributed by atoms with Crippen molar-refractivity contribution in [3.05, 3.63) is 35.9 Å². The number of fused-ring (bicyclic) bond motifs is 1. The van der Waals surface area contributed by atoms with Gasteiger partial charge in [0.15, 0.2) is 0 Å². The zero-order valence-electron chi connectivity index (χ0n) is 21.6. The molecular weight excluding hydrogens is 468 g/mol. The van der Waals surface area contributed by atoms with Gasteiger partial charge in [0.2, 0.25) is 5.79 Å². The predicted molar refractivity (Wildman–Crippen MR) is 135 cm³/mol. The number of unbranched alkanes of at least 4 members (excludes halogenated alkanes) is 4. The van der Waals surface area contributed by atoms with Crippen LogP contribution in [0.1, 0.15) is 103 Å². The molecule has 4 N–H and O–H groups in total. The summed E-state index contributed by atoms with van der Waals surface area (Å²) in [5.74, 6) is -6.82. The van der Waals surface area contributed by atoms with Gasteiger partial charge in [0, 0.05) is 37.6 Å². The number of halogens is 2. The summed E-state index contributed by atoms with van der Waals surface area (Å²) in [6, 6.07) is 10.2. The van der Waals surface area contributed by atoms with E-state index >= 15 is 0 Å². The van der Waals surface area contributed by atoms with Crippen molar-refractivity contribution in [2.75, 3.05) is 0 Å². The third-order valence-corrected chi connectivity index (χ3v) is 7.37. The number of benzene rings is 1. The van der Waals surface area contributed by atoms with E-state index in [4.69, 9.17) is 15.6 Å². The maximum absolute atomic E-state index is 14.4. The summed E-state index contributed by atoms with van der Waals surface area (Å²) in [6.07, 6.45) is 4.17. The quantitative estimate of drug-likeness (QED) is 0.296. The maximum Gasteiger partial charge on any atom is 0.303 e. The first-order valence-corrected chi connectivity index (χ1v) is 13.3. The zero-order valence-corrected chi connectivity index (χ0v) is 21.6. The molecule has 36 heavy (non-hydrogen) atoms. The molecule has 1 saturated heterocycles. The average molecular weight is 512 g/mol. The van der Waals surface area contributed by atoms with Gasteiger partial charge in [-0.1, -0.05) is 62.9 Å². The maximum atomic E-state index is 14.4. The number of nitrogens with two attached hydrogens (primary N) is 1. The van der Waals surface area contributed by atoms with Gasteiger partial charge in [0.1, 0.15) is 5.78 Å². The number of Topliss-reactive ketones (excluding diaryl/α,β-unsaturated/α-hetero) is 1. The van der Waals surface area contributed by atoms with Crippen LogP contribution in [0, 0.1) is 11.8 Å². The average Bonchev–Trinajstić information content (AvgIpc) is 3.14.